The molecular formula is C18H16N4O3. The molecule has 2 aromatic carbocycles. The van der Waals surface area contributed by atoms with E-state index in [1.807, 2.05) is 30.3 Å². The molecule has 0 N–H and O–H groups in total. The highest BCUT2D eigenvalue weighted by Crippen LogP contribution is 2.26. The fourth-order valence-corrected chi connectivity index (χ4v) is 2.56. The van der Waals surface area contributed by atoms with Gasteiger partial charge in [0.05, 0.1) is 22.0 Å². The molecule has 1 aliphatic rings. The smallest absolute Gasteiger partial charge is 0.269 e. The van der Waals surface area contributed by atoms with Crippen LogP contribution < -0.4 is 5.01 Å². The third kappa shape index (κ3) is 3.30. The zero-order chi connectivity index (χ0) is 18.0. The number of nitro benzene ring substituents is 1. The van der Waals surface area contributed by atoms with Crippen LogP contribution in [-0.4, -0.2) is 22.8 Å². The zero-order valence-electron chi connectivity index (χ0n) is 13.8. The second-order valence-corrected chi connectivity index (χ2v) is 5.71. The maximum Gasteiger partial charge on any atom is 0.269 e. The van der Waals surface area contributed by atoms with Crippen molar-refractivity contribution >= 4 is 34.9 Å². The van der Waals surface area contributed by atoms with Crippen molar-refractivity contribution in [2.75, 3.05) is 5.01 Å². The molecule has 0 fully saturated rings. The minimum Gasteiger partial charge on any atom is -0.271 e. The molecule has 1 amide bonds. The van der Waals surface area contributed by atoms with E-state index in [9.17, 15) is 14.9 Å². The van der Waals surface area contributed by atoms with Crippen molar-refractivity contribution in [2.45, 2.75) is 13.8 Å². The Bertz CT molecular complexity index is 890. The van der Waals surface area contributed by atoms with E-state index in [1.54, 1.807) is 19.9 Å². The van der Waals surface area contributed by atoms with E-state index in [1.165, 1.54) is 23.4 Å². The Morgan fingerprint density at radius 2 is 1.92 bits per heavy atom. The van der Waals surface area contributed by atoms with E-state index in [-0.39, 0.29) is 11.6 Å². The Hall–Kier alpha value is -3.35. The molecule has 3 rings (SSSR count). The van der Waals surface area contributed by atoms with Crippen LogP contribution in [0.15, 0.2) is 58.6 Å². The van der Waals surface area contributed by atoms with Gasteiger partial charge in [0.25, 0.3) is 11.6 Å². The summed E-state index contributed by atoms with van der Waals surface area (Å²) >= 11 is 0. The number of para-hydroxylation sites is 1. The zero-order valence-corrected chi connectivity index (χ0v) is 13.8. The van der Waals surface area contributed by atoms with Gasteiger partial charge in [-0.15, -0.1) is 0 Å². The third-order valence-corrected chi connectivity index (χ3v) is 3.94. The lowest BCUT2D eigenvalue weighted by atomic mass is 10.1. The highest BCUT2D eigenvalue weighted by atomic mass is 16.6. The highest BCUT2D eigenvalue weighted by molar-refractivity contribution is 6.23. The van der Waals surface area contributed by atoms with Gasteiger partial charge in [-0.2, -0.15) is 10.1 Å². The average Bonchev–Trinajstić information content (AvgIpc) is 2.89. The summed E-state index contributed by atoms with van der Waals surface area (Å²) in [6, 6.07) is 13.6. The first-order chi connectivity index (χ1) is 12.0. The number of rotatable bonds is 4. The number of carbonyl (C=O) groups excluding carboxylic acids is 1. The van der Waals surface area contributed by atoms with E-state index >= 15 is 0 Å². The first-order valence-corrected chi connectivity index (χ1v) is 7.70. The molecule has 0 saturated carbocycles. The van der Waals surface area contributed by atoms with Crippen molar-refractivity contribution in [3.63, 3.8) is 0 Å². The lowest BCUT2D eigenvalue weighted by Gasteiger charge is -2.12. The summed E-state index contributed by atoms with van der Waals surface area (Å²) in [7, 11) is 0. The van der Waals surface area contributed by atoms with Gasteiger partial charge in [0.2, 0.25) is 0 Å². The molecule has 0 spiro atoms. The number of hydrogen-bond donors (Lipinski definition) is 0. The number of nitro groups is 1. The number of non-ortho nitro benzene ring substituents is 1. The molecule has 25 heavy (non-hydrogen) atoms. The highest BCUT2D eigenvalue weighted by Gasteiger charge is 2.33. The Kier molecular flexibility index (Phi) is 4.38. The first kappa shape index (κ1) is 16.5. The van der Waals surface area contributed by atoms with Crippen LogP contribution in [0.25, 0.3) is 0 Å². The van der Waals surface area contributed by atoms with Gasteiger partial charge in [0.15, 0.2) is 0 Å². The molecule has 1 heterocycles. The SMILES string of the molecule is CC1=NN(c2ccccc2)C(=O)[C@@H]1C=Nc1ccc([N+](=O)[O-])cc1C. The van der Waals surface area contributed by atoms with Gasteiger partial charge in [-0.25, -0.2) is 0 Å². The van der Waals surface area contributed by atoms with Crippen molar-refractivity contribution in [3.05, 3.63) is 64.2 Å². The van der Waals surface area contributed by atoms with E-state index in [4.69, 9.17) is 0 Å². The fraction of sp³-hybridized carbons (Fsp3) is 0.167. The van der Waals surface area contributed by atoms with Crippen molar-refractivity contribution in [2.24, 2.45) is 16.0 Å². The van der Waals surface area contributed by atoms with Gasteiger partial charge < -0.3 is 0 Å². The molecule has 126 valence electrons. The van der Waals surface area contributed by atoms with E-state index in [0.29, 0.717) is 22.6 Å². The molecule has 7 heteroatoms. The molecule has 0 aromatic heterocycles. The van der Waals surface area contributed by atoms with Gasteiger partial charge in [0.1, 0.15) is 5.92 Å². The second-order valence-electron chi connectivity index (χ2n) is 5.71. The largest absolute Gasteiger partial charge is 0.271 e. The Morgan fingerprint density at radius 3 is 2.56 bits per heavy atom. The number of aliphatic imine (C=N–C) groups is 1. The Balaban J connectivity index is 1.82. The average molecular weight is 336 g/mol. The van der Waals surface area contributed by atoms with Gasteiger partial charge in [0, 0.05) is 18.3 Å². The molecule has 0 bridgehead atoms. The van der Waals surface area contributed by atoms with Crippen LogP contribution in [0.4, 0.5) is 17.1 Å². The fourth-order valence-electron chi connectivity index (χ4n) is 2.56. The van der Waals surface area contributed by atoms with Crippen molar-refractivity contribution < 1.29 is 9.72 Å². The summed E-state index contributed by atoms with van der Waals surface area (Å²) in [6.45, 7) is 3.52. The number of benzene rings is 2. The molecule has 0 aliphatic carbocycles. The topological polar surface area (TPSA) is 88.2 Å². The molecular weight excluding hydrogens is 320 g/mol. The summed E-state index contributed by atoms with van der Waals surface area (Å²) in [5.41, 5.74) is 2.63. The van der Waals surface area contributed by atoms with Crippen molar-refractivity contribution in [1.29, 1.82) is 0 Å². The van der Waals surface area contributed by atoms with Crippen LogP contribution in [-0.2, 0) is 4.79 Å². The van der Waals surface area contributed by atoms with Gasteiger partial charge >= 0.3 is 0 Å². The second kappa shape index (κ2) is 6.64. The Morgan fingerprint density at radius 1 is 1.20 bits per heavy atom. The standard InChI is InChI=1S/C18H16N4O3/c1-12-10-15(22(24)25)8-9-17(12)19-11-16-13(2)20-21(18(16)23)14-6-4-3-5-7-14/h3-11,16H,1-2H3/t16-/m1/s1. The lowest BCUT2D eigenvalue weighted by molar-refractivity contribution is -0.384. The lowest BCUT2D eigenvalue weighted by Crippen LogP contribution is -2.27. The number of anilines is 1. The number of hydrazone groups is 1. The number of carbonyl (C=O) groups is 1. The van der Waals surface area contributed by atoms with Crippen LogP contribution in [0, 0.1) is 23.0 Å². The third-order valence-electron chi connectivity index (χ3n) is 3.94. The summed E-state index contributed by atoms with van der Waals surface area (Å²) in [6.07, 6.45) is 1.54. The van der Waals surface area contributed by atoms with Crippen molar-refractivity contribution in [3.8, 4) is 0 Å². The van der Waals surface area contributed by atoms with E-state index in [0.717, 1.165) is 0 Å². The number of hydrogen-bond acceptors (Lipinski definition) is 5. The molecule has 1 aliphatic heterocycles. The van der Waals surface area contributed by atoms with Crippen LogP contribution in [0.1, 0.15) is 12.5 Å². The van der Waals surface area contributed by atoms with Crippen LogP contribution >= 0.6 is 0 Å². The molecule has 0 saturated heterocycles. The molecule has 1 atom stereocenters. The van der Waals surface area contributed by atoms with Crippen LogP contribution in [0.5, 0.6) is 0 Å². The van der Waals surface area contributed by atoms with Gasteiger partial charge in [-0.1, -0.05) is 18.2 Å². The first-order valence-electron chi connectivity index (χ1n) is 7.70. The number of aryl methyl sites for hydroxylation is 1. The summed E-state index contributed by atoms with van der Waals surface area (Å²) in [5, 5.41) is 16.5. The molecule has 2 aromatic rings. The van der Waals surface area contributed by atoms with E-state index in [2.05, 4.69) is 10.1 Å². The normalized spacial score (nSPS) is 17.2. The van der Waals surface area contributed by atoms with Gasteiger partial charge in [-0.05, 0) is 37.6 Å². The summed E-state index contributed by atoms with van der Waals surface area (Å²) < 4.78 is 0. The van der Waals surface area contributed by atoms with Crippen LogP contribution in [0.3, 0.4) is 0 Å². The molecule has 0 unspecified atom stereocenters. The van der Waals surface area contributed by atoms with Gasteiger partial charge in [-0.3, -0.25) is 19.9 Å². The summed E-state index contributed by atoms with van der Waals surface area (Å²) in [5.74, 6) is -0.721. The quantitative estimate of drug-likeness (QED) is 0.485. The molecule has 7 nitrogen and oxygen atoms in total. The predicted octanol–water partition coefficient (Wildman–Crippen LogP) is 3.64. The monoisotopic (exact) mass is 336 g/mol. The summed E-state index contributed by atoms with van der Waals surface area (Å²) in [4.78, 5) is 27.3. The maximum atomic E-state index is 12.6. The van der Waals surface area contributed by atoms with Crippen molar-refractivity contribution in [1.82, 2.24) is 0 Å². The van der Waals surface area contributed by atoms with Crippen LogP contribution in [0.2, 0.25) is 0 Å². The maximum absolute atomic E-state index is 12.6. The number of amides is 1. The Labute approximate surface area is 144 Å². The predicted molar refractivity (Wildman–Crippen MR) is 96.5 cm³/mol. The van der Waals surface area contributed by atoms with E-state index < -0.39 is 10.8 Å². The molecule has 0 radical (unpaired) electrons. The number of nitrogens with zero attached hydrogens (tertiary/aromatic N) is 4. The minimum absolute atomic E-state index is 0.0152. The minimum atomic E-state index is -0.546.